The average Bonchev–Trinajstić information content (AvgIpc) is 3.49. The highest BCUT2D eigenvalue weighted by Crippen LogP contribution is 2.65. The molecule has 10 heteroatoms. The van der Waals surface area contributed by atoms with E-state index in [1.807, 2.05) is 18.2 Å². The fourth-order valence-corrected chi connectivity index (χ4v) is 6.99. The maximum atomic E-state index is 10.4. The highest BCUT2D eigenvalue weighted by Gasteiger charge is 2.62. The van der Waals surface area contributed by atoms with Crippen LogP contribution in [0.2, 0.25) is 0 Å². The number of para-hydroxylation sites is 1. The van der Waals surface area contributed by atoms with Gasteiger partial charge in [-0.3, -0.25) is 0 Å². The molecule has 4 unspecified atom stereocenters. The SMILES string of the molecule is Nc1nnc(-c2ccccc2O)cc1C12CC3CC1C(CN(c1ccnc(C#CCn4cncn4)n1)C3)C2. The van der Waals surface area contributed by atoms with Crippen molar-refractivity contribution in [1.29, 1.82) is 0 Å². The standard InChI is InChI=1S/C28H27N9O/c29-27-22(11-23(34-35-27)20-4-1-2-5-24(20)38)28-12-18-10-21(28)19(13-28)15-36(14-18)26-7-8-31-25(33-26)6-3-9-37-17-30-16-32-37/h1-2,4-5,7-8,11,16-19,21,38H,9-10,12-15H2,(H2,29,35). The molecule has 1 aromatic carbocycles. The summed E-state index contributed by atoms with van der Waals surface area (Å²) < 4.78 is 1.67. The Labute approximate surface area is 220 Å². The lowest BCUT2D eigenvalue weighted by atomic mass is 9.52. The van der Waals surface area contributed by atoms with Gasteiger partial charge >= 0.3 is 0 Å². The van der Waals surface area contributed by atoms with Gasteiger partial charge in [-0.05, 0) is 67.2 Å². The number of nitrogens with two attached hydrogens (primary N) is 1. The van der Waals surface area contributed by atoms with E-state index in [1.54, 1.807) is 29.3 Å². The number of hydrogen-bond donors (Lipinski definition) is 2. The van der Waals surface area contributed by atoms with E-state index in [9.17, 15) is 5.11 Å². The third-order valence-electron chi connectivity index (χ3n) is 8.49. The summed E-state index contributed by atoms with van der Waals surface area (Å²) in [5.74, 6) is 9.92. The number of anilines is 2. The van der Waals surface area contributed by atoms with Crippen LogP contribution in [0.25, 0.3) is 11.3 Å². The molecule has 7 rings (SSSR count). The van der Waals surface area contributed by atoms with E-state index >= 15 is 0 Å². The molecule has 2 bridgehead atoms. The van der Waals surface area contributed by atoms with Crippen molar-refractivity contribution in [2.75, 3.05) is 23.7 Å². The molecule has 190 valence electrons. The Morgan fingerprint density at radius 2 is 2.05 bits per heavy atom. The Morgan fingerprint density at radius 3 is 2.92 bits per heavy atom. The Hall–Kier alpha value is -4.52. The van der Waals surface area contributed by atoms with E-state index < -0.39 is 0 Å². The lowest BCUT2D eigenvalue weighted by Gasteiger charge is -2.54. The molecule has 0 radical (unpaired) electrons. The summed E-state index contributed by atoms with van der Waals surface area (Å²) in [5, 5.41) is 23.1. The van der Waals surface area contributed by atoms with Crippen molar-refractivity contribution in [3.63, 3.8) is 0 Å². The summed E-state index contributed by atoms with van der Waals surface area (Å²) in [6, 6.07) is 11.3. The van der Waals surface area contributed by atoms with E-state index in [1.165, 1.54) is 12.7 Å². The third kappa shape index (κ3) is 3.74. The summed E-state index contributed by atoms with van der Waals surface area (Å²) in [6.45, 7) is 2.35. The quantitative estimate of drug-likeness (QED) is 0.402. The fourth-order valence-electron chi connectivity index (χ4n) is 6.99. The van der Waals surface area contributed by atoms with Gasteiger partial charge in [-0.2, -0.15) is 5.10 Å². The average molecular weight is 506 g/mol. The summed E-state index contributed by atoms with van der Waals surface area (Å²) in [7, 11) is 0. The van der Waals surface area contributed by atoms with Crippen molar-refractivity contribution < 1.29 is 5.11 Å². The fraction of sp³-hybridized carbons (Fsp3) is 0.357. The Morgan fingerprint density at radius 1 is 1.13 bits per heavy atom. The molecule has 0 spiro atoms. The predicted molar refractivity (Wildman–Crippen MR) is 141 cm³/mol. The smallest absolute Gasteiger partial charge is 0.206 e. The van der Waals surface area contributed by atoms with Crippen LogP contribution in [0.5, 0.6) is 5.75 Å². The Bertz CT molecular complexity index is 1560. The van der Waals surface area contributed by atoms with Crippen molar-refractivity contribution in [3.8, 4) is 28.8 Å². The van der Waals surface area contributed by atoms with Gasteiger partial charge in [-0.25, -0.2) is 19.6 Å². The minimum Gasteiger partial charge on any atom is -0.507 e. The van der Waals surface area contributed by atoms with E-state index in [-0.39, 0.29) is 11.2 Å². The zero-order chi connectivity index (χ0) is 25.7. The molecule has 3 N–H and O–H groups in total. The minimum atomic E-state index is 0.0320. The van der Waals surface area contributed by atoms with Crippen molar-refractivity contribution in [3.05, 3.63) is 66.6 Å². The molecule has 2 aliphatic carbocycles. The second-order valence-corrected chi connectivity index (χ2v) is 10.6. The number of aromatic nitrogens is 7. The van der Waals surface area contributed by atoms with Gasteiger partial charge in [-0.15, -0.1) is 10.2 Å². The van der Waals surface area contributed by atoms with Gasteiger partial charge in [0.15, 0.2) is 0 Å². The minimum absolute atomic E-state index is 0.0320. The van der Waals surface area contributed by atoms with Gasteiger partial charge in [-0.1, -0.05) is 18.1 Å². The molecule has 10 nitrogen and oxygen atoms in total. The van der Waals surface area contributed by atoms with Crippen molar-refractivity contribution in [2.45, 2.75) is 31.2 Å². The first-order valence-electron chi connectivity index (χ1n) is 12.9. The van der Waals surface area contributed by atoms with E-state index in [0.717, 1.165) is 37.3 Å². The lowest BCUT2D eigenvalue weighted by Crippen LogP contribution is -2.53. The van der Waals surface area contributed by atoms with E-state index in [4.69, 9.17) is 10.7 Å². The van der Waals surface area contributed by atoms with Crippen LogP contribution in [-0.2, 0) is 12.0 Å². The van der Waals surface area contributed by atoms with Gasteiger partial charge in [0.2, 0.25) is 5.82 Å². The monoisotopic (exact) mass is 505 g/mol. The molecular formula is C28H27N9O. The number of fused-ring (bicyclic) bond motifs is 1. The molecule has 0 amide bonds. The summed E-state index contributed by atoms with van der Waals surface area (Å²) in [6.07, 6.45) is 8.23. The second-order valence-electron chi connectivity index (χ2n) is 10.6. The van der Waals surface area contributed by atoms with Crippen molar-refractivity contribution in [2.24, 2.45) is 17.8 Å². The van der Waals surface area contributed by atoms with Gasteiger partial charge in [0.1, 0.15) is 36.6 Å². The first-order valence-corrected chi connectivity index (χ1v) is 12.9. The zero-order valence-electron chi connectivity index (χ0n) is 20.8. The van der Waals surface area contributed by atoms with Gasteiger partial charge in [0, 0.05) is 35.8 Å². The van der Waals surface area contributed by atoms with Crippen LogP contribution >= 0.6 is 0 Å². The lowest BCUT2D eigenvalue weighted by molar-refractivity contribution is 0.0638. The molecule has 3 aliphatic rings. The predicted octanol–water partition coefficient (Wildman–Crippen LogP) is 2.67. The Balaban J connectivity index is 1.12. The van der Waals surface area contributed by atoms with Crippen LogP contribution < -0.4 is 10.6 Å². The molecular weight excluding hydrogens is 478 g/mol. The maximum absolute atomic E-state index is 10.4. The normalized spacial score (nSPS) is 25.3. The highest BCUT2D eigenvalue weighted by atomic mass is 16.3. The first-order chi connectivity index (χ1) is 18.6. The van der Waals surface area contributed by atoms with Crippen LogP contribution in [0.3, 0.4) is 0 Å². The van der Waals surface area contributed by atoms with Crippen LogP contribution in [0.4, 0.5) is 11.6 Å². The Kier molecular flexibility index (Phi) is 5.25. The number of benzene rings is 1. The second kappa shape index (κ2) is 8.80. The molecule has 1 saturated heterocycles. The molecule has 3 fully saturated rings. The molecule has 38 heavy (non-hydrogen) atoms. The van der Waals surface area contributed by atoms with Gasteiger partial charge < -0.3 is 15.7 Å². The zero-order valence-corrected chi connectivity index (χ0v) is 20.8. The number of hydrogen-bond acceptors (Lipinski definition) is 9. The number of nitrogen functional groups attached to an aromatic ring is 1. The van der Waals surface area contributed by atoms with Crippen molar-refractivity contribution >= 4 is 11.6 Å². The molecule has 3 aromatic heterocycles. The molecule has 2 saturated carbocycles. The number of aromatic hydroxyl groups is 1. The third-order valence-corrected chi connectivity index (χ3v) is 8.49. The molecule has 1 aliphatic heterocycles. The topological polar surface area (TPSA) is 132 Å². The van der Waals surface area contributed by atoms with Crippen molar-refractivity contribution in [1.82, 2.24) is 34.9 Å². The molecule has 4 heterocycles. The van der Waals surface area contributed by atoms with Gasteiger partial charge in [0.05, 0.1) is 5.69 Å². The number of phenolic OH excluding ortho intramolecular Hbond substituents is 1. The number of phenols is 1. The maximum Gasteiger partial charge on any atom is 0.206 e. The molecule has 4 atom stereocenters. The van der Waals surface area contributed by atoms with E-state index in [2.05, 4.69) is 48.1 Å². The van der Waals surface area contributed by atoms with Crippen LogP contribution in [0.15, 0.2) is 55.2 Å². The largest absolute Gasteiger partial charge is 0.507 e. The van der Waals surface area contributed by atoms with Crippen LogP contribution in [0, 0.1) is 29.6 Å². The highest BCUT2D eigenvalue weighted by molar-refractivity contribution is 5.68. The number of rotatable bonds is 4. The van der Waals surface area contributed by atoms with Crippen LogP contribution in [-0.4, -0.2) is 53.1 Å². The molecule has 4 aromatic rings. The number of nitrogens with zero attached hydrogens (tertiary/aromatic N) is 8. The first kappa shape index (κ1) is 22.7. The summed E-state index contributed by atoms with van der Waals surface area (Å²) in [4.78, 5) is 15.5. The van der Waals surface area contributed by atoms with E-state index in [0.29, 0.717) is 47.2 Å². The van der Waals surface area contributed by atoms with Gasteiger partial charge in [0.25, 0.3) is 0 Å². The summed E-state index contributed by atoms with van der Waals surface area (Å²) >= 11 is 0. The van der Waals surface area contributed by atoms with Crippen LogP contribution in [0.1, 0.15) is 30.7 Å². The summed E-state index contributed by atoms with van der Waals surface area (Å²) in [5.41, 5.74) is 8.92.